The number of aromatic nitrogens is 1. The number of aryl methyl sites for hydroxylation is 1. The number of halogens is 3. The van der Waals surface area contributed by atoms with Gasteiger partial charge in [-0.15, -0.1) is 13.2 Å². The second kappa shape index (κ2) is 7.87. The Morgan fingerprint density at radius 1 is 1.21 bits per heavy atom. The summed E-state index contributed by atoms with van der Waals surface area (Å²) >= 11 is 0. The maximum Gasteiger partial charge on any atom is 0.573 e. The van der Waals surface area contributed by atoms with Crippen molar-refractivity contribution < 1.29 is 27.5 Å². The van der Waals surface area contributed by atoms with Crippen molar-refractivity contribution in [1.29, 1.82) is 0 Å². The van der Waals surface area contributed by atoms with Gasteiger partial charge in [0.25, 0.3) is 5.91 Å². The minimum absolute atomic E-state index is 0.00535. The summed E-state index contributed by atoms with van der Waals surface area (Å²) in [7, 11) is 0. The van der Waals surface area contributed by atoms with E-state index in [0.717, 1.165) is 12.8 Å². The van der Waals surface area contributed by atoms with Crippen molar-refractivity contribution in [1.82, 2.24) is 10.3 Å². The molecule has 1 fully saturated rings. The zero-order chi connectivity index (χ0) is 20.3. The van der Waals surface area contributed by atoms with Gasteiger partial charge in [0.05, 0.1) is 0 Å². The average molecular weight is 393 g/mol. The third-order valence-corrected chi connectivity index (χ3v) is 4.00. The molecular weight excluding hydrogens is 375 g/mol. The van der Waals surface area contributed by atoms with Crippen LogP contribution in [0.1, 0.15) is 34.5 Å². The number of benzene rings is 1. The van der Waals surface area contributed by atoms with Crippen molar-refractivity contribution in [2.24, 2.45) is 5.92 Å². The van der Waals surface area contributed by atoms with E-state index in [1.165, 1.54) is 24.3 Å². The first kappa shape index (κ1) is 19.7. The molecule has 0 bridgehead atoms. The van der Waals surface area contributed by atoms with Crippen LogP contribution >= 0.6 is 0 Å². The van der Waals surface area contributed by atoms with Gasteiger partial charge in [-0.25, -0.2) is 4.98 Å². The van der Waals surface area contributed by atoms with Crippen LogP contribution in [-0.2, 0) is 11.3 Å². The van der Waals surface area contributed by atoms with E-state index in [1.807, 2.05) is 0 Å². The first-order valence-electron chi connectivity index (χ1n) is 8.62. The Morgan fingerprint density at radius 2 is 1.96 bits per heavy atom. The maximum atomic E-state index is 12.4. The van der Waals surface area contributed by atoms with Gasteiger partial charge in [-0.1, -0.05) is 12.1 Å². The zero-order valence-electron chi connectivity index (χ0n) is 15.0. The first-order chi connectivity index (χ1) is 13.2. The highest BCUT2D eigenvalue weighted by molar-refractivity contribution is 5.97. The summed E-state index contributed by atoms with van der Waals surface area (Å²) in [4.78, 5) is 28.5. The molecule has 0 saturated heterocycles. The van der Waals surface area contributed by atoms with Crippen LogP contribution in [0.3, 0.4) is 0 Å². The molecule has 1 aromatic carbocycles. The normalized spacial score (nSPS) is 13.7. The fourth-order valence-corrected chi connectivity index (χ4v) is 2.57. The van der Waals surface area contributed by atoms with E-state index in [1.54, 1.807) is 19.1 Å². The minimum atomic E-state index is -4.78. The summed E-state index contributed by atoms with van der Waals surface area (Å²) in [6.45, 7) is 1.71. The average Bonchev–Trinajstić information content (AvgIpc) is 3.43. The fraction of sp³-hybridized carbons (Fsp3) is 0.316. The molecule has 0 atom stereocenters. The van der Waals surface area contributed by atoms with Gasteiger partial charge in [0.1, 0.15) is 11.6 Å². The zero-order valence-corrected chi connectivity index (χ0v) is 15.0. The van der Waals surface area contributed by atoms with E-state index < -0.39 is 12.3 Å². The van der Waals surface area contributed by atoms with Gasteiger partial charge in [-0.2, -0.15) is 0 Å². The summed E-state index contributed by atoms with van der Waals surface area (Å²) in [5, 5.41) is 5.32. The van der Waals surface area contributed by atoms with Crippen LogP contribution in [0, 0.1) is 12.8 Å². The van der Waals surface area contributed by atoms with Crippen molar-refractivity contribution >= 4 is 17.6 Å². The molecule has 1 heterocycles. The number of alkyl halides is 3. The van der Waals surface area contributed by atoms with Gasteiger partial charge in [0.2, 0.25) is 5.91 Å². The van der Waals surface area contributed by atoms with Gasteiger partial charge in [0.15, 0.2) is 0 Å². The number of rotatable bonds is 6. The van der Waals surface area contributed by atoms with E-state index in [-0.39, 0.29) is 24.1 Å². The summed E-state index contributed by atoms with van der Waals surface area (Å²) in [5.74, 6) is -0.613. The molecule has 3 rings (SSSR count). The maximum absolute atomic E-state index is 12.4. The Morgan fingerprint density at radius 3 is 2.64 bits per heavy atom. The third-order valence-electron chi connectivity index (χ3n) is 4.00. The lowest BCUT2D eigenvalue weighted by molar-refractivity contribution is -0.274. The van der Waals surface area contributed by atoms with Crippen molar-refractivity contribution in [3.05, 3.63) is 53.2 Å². The van der Waals surface area contributed by atoms with Gasteiger partial charge >= 0.3 is 6.36 Å². The third kappa shape index (κ3) is 5.70. The number of carbonyl (C=O) groups is 2. The van der Waals surface area contributed by atoms with Gasteiger partial charge in [0, 0.05) is 23.7 Å². The largest absolute Gasteiger partial charge is 0.573 e. The van der Waals surface area contributed by atoms with Crippen LogP contribution in [0.4, 0.5) is 19.0 Å². The van der Waals surface area contributed by atoms with Crippen molar-refractivity contribution in [2.45, 2.75) is 32.7 Å². The molecule has 0 radical (unpaired) electrons. The van der Waals surface area contributed by atoms with Gasteiger partial charge < -0.3 is 15.4 Å². The predicted octanol–water partition coefficient (Wildman–Crippen LogP) is 3.57. The summed E-state index contributed by atoms with van der Waals surface area (Å²) in [5.41, 5.74) is 1.30. The van der Waals surface area contributed by atoms with Gasteiger partial charge in [-0.05, 0) is 49.6 Å². The Bertz CT molecular complexity index is 895. The monoisotopic (exact) mass is 393 g/mol. The molecule has 2 aromatic rings. The molecule has 2 amide bonds. The molecule has 1 aliphatic rings. The molecule has 0 unspecified atom stereocenters. The number of hydrogen-bond acceptors (Lipinski definition) is 4. The van der Waals surface area contributed by atoms with Crippen LogP contribution in [-0.4, -0.2) is 23.2 Å². The Labute approximate surface area is 159 Å². The molecule has 1 aromatic heterocycles. The minimum Gasteiger partial charge on any atom is -0.406 e. The van der Waals surface area contributed by atoms with Crippen LogP contribution in [0.5, 0.6) is 5.75 Å². The Hall–Kier alpha value is -3.10. The number of carbonyl (C=O) groups excluding carboxylic acids is 2. The molecule has 1 aliphatic carbocycles. The fourth-order valence-electron chi connectivity index (χ4n) is 2.57. The molecule has 0 aliphatic heterocycles. The lowest BCUT2D eigenvalue weighted by Crippen LogP contribution is -2.24. The van der Waals surface area contributed by atoms with Crippen molar-refractivity contribution in [2.75, 3.05) is 5.32 Å². The molecule has 0 spiro atoms. The second-order valence-corrected chi connectivity index (χ2v) is 6.52. The number of nitrogens with zero attached hydrogens (tertiary/aromatic N) is 1. The molecule has 2 N–H and O–H groups in total. The number of ether oxygens (including phenoxy) is 1. The lowest BCUT2D eigenvalue weighted by Gasteiger charge is -2.11. The standard InChI is InChI=1S/C19H18F3N3O3/c1-11-7-14(9-16(24-11)25-18(27)13-5-6-13)17(26)23-10-12-3-2-4-15(8-12)28-19(20,21)22/h2-4,7-9,13H,5-6,10H2,1H3,(H,23,26)(H,24,25,27). The smallest absolute Gasteiger partial charge is 0.406 e. The van der Waals surface area contributed by atoms with E-state index in [0.29, 0.717) is 22.6 Å². The van der Waals surface area contributed by atoms with Crippen molar-refractivity contribution in [3.8, 4) is 5.75 Å². The molecule has 1 saturated carbocycles. The van der Waals surface area contributed by atoms with Crippen LogP contribution in [0.15, 0.2) is 36.4 Å². The molecule has 28 heavy (non-hydrogen) atoms. The highest BCUT2D eigenvalue weighted by atomic mass is 19.4. The quantitative estimate of drug-likeness (QED) is 0.786. The summed E-state index contributed by atoms with van der Waals surface area (Å²) < 4.78 is 40.8. The topological polar surface area (TPSA) is 80.3 Å². The Balaban J connectivity index is 1.64. The lowest BCUT2D eigenvalue weighted by atomic mass is 10.2. The van der Waals surface area contributed by atoms with E-state index in [9.17, 15) is 22.8 Å². The SMILES string of the molecule is Cc1cc(C(=O)NCc2cccc(OC(F)(F)F)c2)cc(NC(=O)C2CC2)n1. The second-order valence-electron chi connectivity index (χ2n) is 6.52. The van der Waals surface area contributed by atoms with Crippen LogP contribution < -0.4 is 15.4 Å². The summed E-state index contributed by atoms with van der Waals surface area (Å²) in [6, 6.07) is 8.39. The number of nitrogens with one attached hydrogen (secondary N) is 2. The van der Waals surface area contributed by atoms with E-state index in [4.69, 9.17) is 0 Å². The molecule has 148 valence electrons. The van der Waals surface area contributed by atoms with E-state index >= 15 is 0 Å². The van der Waals surface area contributed by atoms with Crippen LogP contribution in [0.25, 0.3) is 0 Å². The number of pyridine rings is 1. The number of amides is 2. The number of hydrogen-bond donors (Lipinski definition) is 2. The highest BCUT2D eigenvalue weighted by Crippen LogP contribution is 2.30. The molecular formula is C19H18F3N3O3. The first-order valence-corrected chi connectivity index (χ1v) is 8.62. The molecule has 6 nitrogen and oxygen atoms in total. The predicted molar refractivity (Wildman–Crippen MR) is 94.6 cm³/mol. The van der Waals surface area contributed by atoms with Crippen molar-refractivity contribution in [3.63, 3.8) is 0 Å². The number of anilines is 1. The highest BCUT2D eigenvalue weighted by Gasteiger charge is 2.31. The van der Waals surface area contributed by atoms with Crippen LogP contribution in [0.2, 0.25) is 0 Å². The Kier molecular flexibility index (Phi) is 5.53. The molecule has 9 heteroatoms. The summed E-state index contributed by atoms with van der Waals surface area (Å²) in [6.07, 6.45) is -3.08. The van der Waals surface area contributed by atoms with E-state index in [2.05, 4.69) is 20.4 Å². The van der Waals surface area contributed by atoms with Gasteiger partial charge in [-0.3, -0.25) is 9.59 Å².